The van der Waals surface area contributed by atoms with Gasteiger partial charge in [0.2, 0.25) is 0 Å². The van der Waals surface area contributed by atoms with E-state index in [4.69, 9.17) is 16.0 Å². The van der Waals surface area contributed by atoms with Gasteiger partial charge in [0.1, 0.15) is 11.6 Å². The predicted molar refractivity (Wildman–Crippen MR) is 88.4 cm³/mol. The quantitative estimate of drug-likeness (QED) is 0.917. The van der Waals surface area contributed by atoms with Crippen LogP contribution in [0.2, 0.25) is 5.02 Å². The largest absolute Gasteiger partial charge is 0.467 e. The Morgan fingerprint density at radius 1 is 1.27 bits per heavy atom. The Morgan fingerprint density at radius 2 is 2.00 bits per heavy atom. The topological polar surface area (TPSA) is 28.4 Å². The van der Waals surface area contributed by atoms with Crippen molar-refractivity contribution in [2.24, 2.45) is 0 Å². The van der Waals surface area contributed by atoms with Gasteiger partial charge in [0.25, 0.3) is 0 Å². The molecule has 1 aliphatic rings. The molecule has 1 aromatic carbocycles. The highest BCUT2D eigenvalue weighted by Crippen LogP contribution is 2.37. The van der Waals surface area contributed by atoms with Crippen LogP contribution in [0.5, 0.6) is 0 Å². The molecule has 120 valence electrons. The van der Waals surface area contributed by atoms with E-state index in [1.54, 1.807) is 12.3 Å². The van der Waals surface area contributed by atoms with Gasteiger partial charge in [-0.3, -0.25) is 4.90 Å². The van der Waals surface area contributed by atoms with Crippen molar-refractivity contribution < 1.29 is 8.81 Å². The summed E-state index contributed by atoms with van der Waals surface area (Å²) in [5.74, 6) is 0.439. The Labute approximate surface area is 140 Å². The summed E-state index contributed by atoms with van der Waals surface area (Å²) in [6.07, 6.45) is 1.62. The van der Waals surface area contributed by atoms with Gasteiger partial charge in [0, 0.05) is 31.7 Å². The van der Waals surface area contributed by atoms with E-state index in [0.717, 1.165) is 37.5 Å². The summed E-state index contributed by atoms with van der Waals surface area (Å²) in [5, 5.41) is 3.79. The van der Waals surface area contributed by atoms with Crippen molar-refractivity contribution in [1.82, 2.24) is 10.2 Å². The van der Waals surface area contributed by atoms with E-state index in [1.807, 2.05) is 19.1 Å². The molecule has 3 nitrogen and oxygen atoms in total. The van der Waals surface area contributed by atoms with Crippen LogP contribution >= 0.6 is 24.0 Å². The minimum absolute atomic E-state index is 0. The van der Waals surface area contributed by atoms with Gasteiger partial charge in [-0.1, -0.05) is 17.7 Å². The molecule has 3 rings (SSSR count). The smallest absolute Gasteiger partial charge is 0.129 e. The van der Waals surface area contributed by atoms with E-state index in [9.17, 15) is 4.39 Å². The Kier molecular flexibility index (Phi) is 5.87. The highest BCUT2D eigenvalue weighted by Gasteiger charge is 2.30. The van der Waals surface area contributed by atoms with Crippen LogP contribution in [0.3, 0.4) is 0 Å². The molecule has 1 atom stereocenters. The van der Waals surface area contributed by atoms with Crippen LogP contribution in [0.4, 0.5) is 4.39 Å². The van der Waals surface area contributed by atoms with Gasteiger partial charge in [0.05, 0.1) is 17.3 Å². The highest BCUT2D eigenvalue weighted by molar-refractivity contribution is 6.32. The molecule has 0 spiro atoms. The van der Waals surface area contributed by atoms with Crippen LogP contribution < -0.4 is 5.32 Å². The number of nitrogens with one attached hydrogen (secondary N) is 1. The van der Waals surface area contributed by atoms with Crippen molar-refractivity contribution in [3.8, 4) is 0 Å². The van der Waals surface area contributed by atoms with Gasteiger partial charge in [-0.15, -0.1) is 12.4 Å². The molecule has 1 aliphatic heterocycles. The lowest BCUT2D eigenvalue weighted by Crippen LogP contribution is -2.45. The molecule has 0 amide bonds. The number of halogens is 3. The average molecular weight is 345 g/mol. The van der Waals surface area contributed by atoms with E-state index in [2.05, 4.69) is 10.2 Å². The van der Waals surface area contributed by atoms with Crippen LogP contribution in [0.25, 0.3) is 0 Å². The lowest BCUT2D eigenvalue weighted by Gasteiger charge is -2.34. The molecule has 0 radical (unpaired) electrons. The zero-order chi connectivity index (χ0) is 14.8. The van der Waals surface area contributed by atoms with Gasteiger partial charge in [-0.05, 0) is 30.7 Å². The van der Waals surface area contributed by atoms with E-state index < -0.39 is 0 Å². The van der Waals surface area contributed by atoms with Gasteiger partial charge < -0.3 is 9.73 Å². The minimum Gasteiger partial charge on any atom is -0.467 e. The maximum atomic E-state index is 14.5. The minimum atomic E-state index is -0.287. The first kappa shape index (κ1) is 17.3. The molecule has 2 heterocycles. The molecule has 6 heteroatoms. The Bertz CT molecular complexity index is 613. The SMILES string of the molecule is Cc1ccc(F)c([C@@H](c2ccco2)N2CCNCC2)c1Cl.Cl. The van der Waals surface area contributed by atoms with E-state index >= 15 is 0 Å². The van der Waals surface area contributed by atoms with Crippen LogP contribution in [0, 0.1) is 12.7 Å². The molecule has 2 aromatic rings. The van der Waals surface area contributed by atoms with Crippen LogP contribution in [-0.4, -0.2) is 31.1 Å². The standard InChI is InChI=1S/C16H18ClFN2O.ClH/c1-11-4-5-12(18)14(15(11)17)16(13-3-2-10-21-13)20-8-6-19-7-9-20;/h2-5,10,16,19H,6-9H2,1H3;1H/t16-;/m1./s1. The number of nitrogens with zero attached hydrogens (tertiary/aromatic N) is 1. The number of piperazine rings is 1. The molecule has 0 bridgehead atoms. The highest BCUT2D eigenvalue weighted by atomic mass is 35.5. The first-order chi connectivity index (χ1) is 10.2. The molecule has 1 fully saturated rings. The lowest BCUT2D eigenvalue weighted by atomic mass is 9.99. The van der Waals surface area contributed by atoms with E-state index in [-0.39, 0.29) is 24.3 Å². The Balaban J connectivity index is 0.00000176. The number of hydrogen-bond donors (Lipinski definition) is 1. The summed E-state index contributed by atoms with van der Waals surface area (Å²) in [4.78, 5) is 2.21. The molecule has 0 unspecified atom stereocenters. The van der Waals surface area contributed by atoms with Crippen molar-refractivity contribution in [3.63, 3.8) is 0 Å². The number of benzene rings is 1. The summed E-state index contributed by atoms with van der Waals surface area (Å²) in [7, 11) is 0. The zero-order valence-corrected chi connectivity index (χ0v) is 13.9. The third-order valence-electron chi connectivity index (χ3n) is 3.92. The first-order valence-corrected chi connectivity index (χ1v) is 7.49. The van der Waals surface area contributed by atoms with Crippen molar-refractivity contribution in [3.05, 3.63) is 58.3 Å². The van der Waals surface area contributed by atoms with Gasteiger partial charge in [-0.2, -0.15) is 0 Å². The second kappa shape index (κ2) is 7.47. The molecule has 1 aromatic heterocycles. The summed E-state index contributed by atoms with van der Waals surface area (Å²) >= 11 is 6.41. The first-order valence-electron chi connectivity index (χ1n) is 7.11. The molecule has 1 N–H and O–H groups in total. The summed E-state index contributed by atoms with van der Waals surface area (Å²) in [5.41, 5.74) is 1.38. The Morgan fingerprint density at radius 3 is 2.64 bits per heavy atom. The molecular weight excluding hydrogens is 326 g/mol. The monoisotopic (exact) mass is 344 g/mol. The Hall–Kier alpha value is -1.07. The maximum Gasteiger partial charge on any atom is 0.129 e. The number of aryl methyl sites for hydroxylation is 1. The molecule has 0 saturated carbocycles. The second-order valence-electron chi connectivity index (χ2n) is 5.30. The number of hydrogen-bond acceptors (Lipinski definition) is 3. The normalized spacial score (nSPS) is 17.0. The molecule has 22 heavy (non-hydrogen) atoms. The summed E-state index contributed by atoms with van der Waals surface area (Å²) in [6, 6.07) is 6.61. The van der Waals surface area contributed by atoms with Crippen molar-refractivity contribution >= 4 is 24.0 Å². The third-order valence-corrected chi connectivity index (χ3v) is 4.42. The fourth-order valence-corrected chi connectivity index (χ4v) is 3.08. The average Bonchev–Trinajstić information content (AvgIpc) is 3.02. The fourth-order valence-electron chi connectivity index (χ4n) is 2.82. The van der Waals surface area contributed by atoms with Gasteiger partial charge in [0.15, 0.2) is 0 Å². The molecule has 0 aliphatic carbocycles. The summed E-state index contributed by atoms with van der Waals surface area (Å²) in [6.45, 7) is 5.30. The zero-order valence-electron chi connectivity index (χ0n) is 12.3. The van der Waals surface area contributed by atoms with E-state index in [1.165, 1.54) is 6.07 Å². The second-order valence-corrected chi connectivity index (χ2v) is 5.67. The number of furan rings is 1. The molecule has 1 saturated heterocycles. The van der Waals surface area contributed by atoms with Gasteiger partial charge >= 0.3 is 0 Å². The van der Waals surface area contributed by atoms with Crippen LogP contribution in [0.1, 0.15) is 22.9 Å². The van der Waals surface area contributed by atoms with Crippen LogP contribution in [0.15, 0.2) is 34.9 Å². The molecular formula is C16H19Cl2FN2O. The fraction of sp³-hybridized carbons (Fsp3) is 0.375. The van der Waals surface area contributed by atoms with Crippen molar-refractivity contribution in [2.75, 3.05) is 26.2 Å². The summed E-state index contributed by atoms with van der Waals surface area (Å²) < 4.78 is 20.0. The maximum absolute atomic E-state index is 14.5. The predicted octanol–water partition coefficient (Wildman–Crippen LogP) is 3.80. The van der Waals surface area contributed by atoms with Gasteiger partial charge in [-0.25, -0.2) is 4.39 Å². The third kappa shape index (κ3) is 3.30. The van der Waals surface area contributed by atoms with Crippen molar-refractivity contribution in [1.29, 1.82) is 0 Å². The number of rotatable bonds is 3. The van der Waals surface area contributed by atoms with Crippen LogP contribution in [-0.2, 0) is 0 Å². The van der Waals surface area contributed by atoms with E-state index in [0.29, 0.717) is 10.6 Å². The van der Waals surface area contributed by atoms with Crippen molar-refractivity contribution in [2.45, 2.75) is 13.0 Å². The lowest BCUT2D eigenvalue weighted by molar-refractivity contribution is 0.177.